The summed E-state index contributed by atoms with van der Waals surface area (Å²) in [6.45, 7) is 1.51. The SMILES string of the molecule is C[C@H](N)C(=O)OC(=O)[PH](c1ccccc1)(c1ccccc1)c1ccccc1. The van der Waals surface area contributed by atoms with Crippen molar-refractivity contribution in [1.82, 2.24) is 0 Å². The zero-order valence-corrected chi connectivity index (χ0v) is 16.0. The third-order valence-electron chi connectivity index (χ3n) is 4.49. The number of ether oxygens (including phenoxy) is 1. The molecule has 0 radical (unpaired) electrons. The fourth-order valence-corrected chi connectivity index (χ4v) is 7.22. The van der Waals surface area contributed by atoms with E-state index in [1.54, 1.807) is 0 Å². The van der Waals surface area contributed by atoms with Gasteiger partial charge in [0.1, 0.15) is 0 Å². The summed E-state index contributed by atoms with van der Waals surface area (Å²) in [6.07, 6.45) is 0. The monoisotopic (exact) mass is 379 g/mol. The van der Waals surface area contributed by atoms with E-state index in [-0.39, 0.29) is 0 Å². The van der Waals surface area contributed by atoms with Gasteiger partial charge in [0.15, 0.2) is 0 Å². The molecule has 0 aliphatic carbocycles. The summed E-state index contributed by atoms with van der Waals surface area (Å²) >= 11 is 0. The van der Waals surface area contributed by atoms with Crippen LogP contribution in [-0.2, 0) is 9.53 Å². The maximum atomic E-state index is 13.5. The molecule has 3 aromatic carbocycles. The first-order valence-electron chi connectivity index (χ1n) is 8.75. The fraction of sp³-hybridized carbons (Fsp3) is 0.0909. The van der Waals surface area contributed by atoms with Crippen molar-refractivity contribution in [1.29, 1.82) is 0 Å². The van der Waals surface area contributed by atoms with Gasteiger partial charge < -0.3 is 0 Å². The van der Waals surface area contributed by atoms with Crippen molar-refractivity contribution in [2.45, 2.75) is 13.0 Å². The molecular weight excluding hydrogens is 357 g/mol. The third kappa shape index (κ3) is 3.68. The van der Waals surface area contributed by atoms with Crippen molar-refractivity contribution in [3.8, 4) is 0 Å². The molecule has 138 valence electrons. The molecule has 5 heteroatoms. The normalized spacial score (nSPS) is 12.8. The van der Waals surface area contributed by atoms with Gasteiger partial charge in [-0.3, -0.25) is 0 Å². The zero-order valence-electron chi connectivity index (χ0n) is 15.0. The molecule has 0 amide bonds. The molecule has 1 atom stereocenters. The van der Waals surface area contributed by atoms with Crippen LogP contribution < -0.4 is 21.6 Å². The number of nitrogens with two attached hydrogens (primary N) is 1. The van der Waals surface area contributed by atoms with Crippen molar-refractivity contribution in [3.63, 3.8) is 0 Å². The van der Waals surface area contributed by atoms with E-state index >= 15 is 0 Å². The van der Waals surface area contributed by atoms with E-state index in [0.29, 0.717) is 0 Å². The van der Waals surface area contributed by atoms with Gasteiger partial charge in [0, 0.05) is 0 Å². The Morgan fingerprint density at radius 1 is 0.741 bits per heavy atom. The molecule has 0 saturated carbocycles. The summed E-state index contributed by atoms with van der Waals surface area (Å²) in [5.41, 5.74) is 5.10. The van der Waals surface area contributed by atoms with Gasteiger partial charge in [-0.1, -0.05) is 0 Å². The molecule has 0 aliphatic heterocycles. The van der Waals surface area contributed by atoms with Gasteiger partial charge in [-0.2, -0.15) is 0 Å². The second kappa shape index (κ2) is 8.26. The van der Waals surface area contributed by atoms with E-state index in [2.05, 4.69) is 0 Å². The molecule has 27 heavy (non-hydrogen) atoms. The molecule has 4 nitrogen and oxygen atoms in total. The van der Waals surface area contributed by atoms with E-state index in [1.165, 1.54) is 6.92 Å². The Labute approximate surface area is 159 Å². The number of hydrogen-bond acceptors (Lipinski definition) is 4. The summed E-state index contributed by atoms with van der Waals surface area (Å²) in [5, 5.41) is 2.56. The molecular formula is C22H22NO3P. The molecule has 0 aromatic heterocycles. The average Bonchev–Trinajstić information content (AvgIpc) is 2.71. The Morgan fingerprint density at radius 3 is 1.37 bits per heavy atom. The Bertz CT molecular complexity index is 815. The molecule has 0 spiro atoms. The van der Waals surface area contributed by atoms with Crippen LogP contribution in [0.2, 0.25) is 0 Å². The van der Waals surface area contributed by atoms with Crippen LogP contribution in [0, 0.1) is 0 Å². The molecule has 3 rings (SSSR count). The van der Waals surface area contributed by atoms with Crippen LogP contribution in [0.4, 0.5) is 4.79 Å². The third-order valence-corrected chi connectivity index (χ3v) is 8.80. The number of benzene rings is 3. The Morgan fingerprint density at radius 2 is 1.07 bits per heavy atom. The van der Waals surface area contributed by atoms with Crippen LogP contribution in [0.3, 0.4) is 0 Å². The molecule has 3 aromatic rings. The van der Waals surface area contributed by atoms with Gasteiger partial charge >= 0.3 is 159 Å². The van der Waals surface area contributed by atoms with Crippen LogP contribution in [0.5, 0.6) is 0 Å². The summed E-state index contributed by atoms with van der Waals surface area (Å²) in [6, 6.07) is 27.7. The predicted octanol–water partition coefficient (Wildman–Crippen LogP) is 2.72. The van der Waals surface area contributed by atoms with Crippen LogP contribution in [0.15, 0.2) is 91.0 Å². The maximum absolute atomic E-state index is 13.5. The van der Waals surface area contributed by atoms with Gasteiger partial charge in [-0.15, -0.1) is 0 Å². The molecule has 0 aliphatic rings. The number of rotatable bonds is 5. The first-order chi connectivity index (χ1) is 13.1. The predicted molar refractivity (Wildman–Crippen MR) is 112 cm³/mol. The van der Waals surface area contributed by atoms with Gasteiger partial charge in [-0.25, -0.2) is 0 Å². The quantitative estimate of drug-likeness (QED) is 0.420. The summed E-state index contributed by atoms with van der Waals surface area (Å²) in [7, 11) is -3.27. The number of carbonyl (C=O) groups excluding carboxylic acids is 2. The Balaban J connectivity index is 2.29. The van der Waals surface area contributed by atoms with Crippen LogP contribution in [-0.4, -0.2) is 17.7 Å². The molecule has 0 saturated heterocycles. The summed E-state index contributed by atoms with van der Waals surface area (Å²) in [4.78, 5) is 25.7. The van der Waals surface area contributed by atoms with Gasteiger partial charge in [0.25, 0.3) is 0 Å². The molecule has 0 heterocycles. The van der Waals surface area contributed by atoms with Gasteiger partial charge in [0.2, 0.25) is 0 Å². The van der Waals surface area contributed by atoms with Crippen LogP contribution in [0.25, 0.3) is 0 Å². The summed E-state index contributed by atoms with van der Waals surface area (Å²) < 4.78 is 5.30. The molecule has 0 bridgehead atoms. The van der Waals surface area contributed by atoms with Crippen molar-refractivity contribution < 1.29 is 14.3 Å². The molecule has 0 unspecified atom stereocenters. The molecule has 2 N–H and O–H groups in total. The molecule has 0 fully saturated rings. The minimum absolute atomic E-state index is 0.534. The Kier molecular flexibility index (Phi) is 5.80. The number of esters is 1. The average molecular weight is 379 g/mol. The zero-order chi connectivity index (χ0) is 19.3. The van der Waals surface area contributed by atoms with Gasteiger partial charge in [-0.05, 0) is 0 Å². The second-order valence-corrected chi connectivity index (χ2v) is 9.99. The van der Waals surface area contributed by atoms with Crippen LogP contribution in [0.1, 0.15) is 6.92 Å². The van der Waals surface area contributed by atoms with Crippen molar-refractivity contribution >= 4 is 34.9 Å². The number of hydrogen-bond donors (Lipinski definition) is 1. The van der Waals surface area contributed by atoms with E-state index in [1.807, 2.05) is 91.0 Å². The van der Waals surface area contributed by atoms with Crippen molar-refractivity contribution in [2.75, 3.05) is 0 Å². The van der Waals surface area contributed by atoms with Crippen molar-refractivity contribution in [2.24, 2.45) is 5.73 Å². The number of carbonyl (C=O) groups is 2. The fourth-order valence-electron chi connectivity index (χ4n) is 3.18. The van der Waals surface area contributed by atoms with Gasteiger partial charge in [0.05, 0.1) is 0 Å². The standard InChI is InChI=1S/C22H22NO3P/c1-17(23)21(24)26-22(25)27(18-11-5-2-6-12-18,19-13-7-3-8-14-19)20-15-9-4-10-16-20/h2-17,27H,23H2,1H3/t17-/m0/s1. The van der Waals surface area contributed by atoms with Crippen molar-refractivity contribution in [3.05, 3.63) is 91.0 Å². The first-order valence-corrected chi connectivity index (χ1v) is 10.7. The first kappa shape index (κ1) is 19.0. The van der Waals surface area contributed by atoms with E-state index < -0.39 is 25.0 Å². The Hall–Kier alpha value is -2.81. The van der Waals surface area contributed by atoms with E-state index in [9.17, 15) is 9.59 Å². The topological polar surface area (TPSA) is 69.4 Å². The minimum atomic E-state index is -3.27. The van der Waals surface area contributed by atoms with Crippen LogP contribution >= 0.6 is 7.26 Å². The second-order valence-electron chi connectivity index (χ2n) is 6.35. The van der Waals surface area contributed by atoms with E-state index in [0.717, 1.165) is 15.9 Å². The summed E-state index contributed by atoms with van der Waals surface area (Å²) in [5.74, 6) is -0.723. The van der Waals surface area contributed by atoms with E-state index in [4.69, 9.17) is 10.5 Å².